The van der Waals surface area contributed by atoms with E-state index in [2.05, 4.69) is 13.8 Å². The molecular weight excluding hydrogens is 208 g/mol. The van der Waals surface area contributed by atoms with Gasteiger partial charge in [0.25, 0.3) is 0 Å². The van der Waals surface area contributed by atoms with Gasteiger partial charge in [-0.25, -0.2) is 0 Å². The molecule has 0 aromatic carbocycles. The van der Waals surface area contributed by atoms with Crippen LogP contribution in [0.25, 0.3) is 0 Å². The van der Waals surface area contributed by atoms with E-state index in [0.717, 1.165) is 12.8 Å². The van der Waals surface area contributed by atoms with E-state index in [1.807, 2.05) is 0 Å². The molecule has 4 heteroatoms. The van der Waals surface area contributed by atoms with Gasteiger partial charge in [0.1, 0.15) is 6.10 Å². The standard InChI is InChI=1S/C12H20O4/c1-8-3-4-9(2)10(7-8)16-12(15)6-5-11(13)14/h8-10H,3-7H2,1-2H3,(H,13,14)/t8-,9-,10+/m1/s1. The topological polar surface area (TPSA) is 63.6 Å². The molecule has 0 radical (unpaired) electrons. The third-order valence-electron chi connectivity index (χ3n) is 3.21. The quantitative estimate of drug-likeness (QED) is 0.749. The third kappa shape index (κ3) is 4.21. The molecule has 1 fully saturated rings. The number of carboxylic acid groups (broad SMARTS) is 1. The minimum atomic E-state index is -0.956. The van der Waals surface area contributed by atoms with Crippen LogP contribution in [0.5, 0.6) is 0 Å². The fourth-order valence-corrected chi connectivity index (χ4v) is 2.08. The molecule has 0 spiro atoms. The fourth-order valence-electron chi connectivity index (χ4n) is 2.08. The van der Waals surface area contributed by atoms with Gasteiger partial charge in [-0.2, -0.15) is 0 Å². The maximum atomic E-state index is 11.4. The third-order valence-corrected chi connectivity index (χ3v) is 3.21. The molecule has 4 nitrogen and oxygen atoms in total. The number of aliphatic carboxylic acids is 1. The van der Waals surface area contributed by atoms with Crippen LogP contribution in [0.2, 0.25) is 0 Å². The number of ether oxygens (including phenoxy) is 1. The number of carbonyl (C=O) groups is 2. The SMILES string of the molecule is C[C@@H]1CC[C@@H](C)[C@@H](OC(=O)CCC(=O)O)C1. The van der Waals surface area contributed by atoms with Crippen LogP contribution in [0, 0.1) is 11.8 Å². The molecule has 3 atom stereocenters. The first kappa shape index (κ1) is 13.0. The monoisotopic (exact) mass is 228 g/mol. The first-order valence-corrected chi connectivity index (χ1v) is 5.90. The molecule has 0 bridgehead atoms. The Morgan fingerprint density at radius 3 is 2.56 bits per heavy atom. The molecule has 1 N–H and O–H groups in total. The Bertz CT molecular complexity index is 262. The smallest absolute Gasteiger partial charge is 0.306 e. The Morgan fingerprint density at radius 2 is 1.94 bits per heavy atom. The lowest BCUT2D eigenvalue weighted by atomic mass is 9.82. The summed E-state index contributed by atoms with van der Waals surface area (Å²) in [7, 11) is 0. The van der Waals surface area contributed by atoms with E-state index >= 15 is 0 Å². The number of hydrogen-bond acceptors (Lipinski definition) is 3. The Balaban J connectivity index is 2.34. The van der Waals surface area contributed by atoms with Crippen molar-refractivity contribution in [2.45, 2.75) is 52.1 Å². The molecule has 0 unspecified atom stereocenters. The van der Waals surface area contributed by atoms with Crippen molar-refractivity contribution in [2.75, 3.05) is 0 Å². The highest BCUT2D eigenvalue weighted by Gasteiger charge is 2.28. The molecule has 0 aromatic heterocycles. The Kier molecular flexibility index (Phi) is 4.77. The first-order chi connectivity index (χ1) is 7.49. The number of carboxylic acids is 1. The molecule has 1 aliphatic carbocycles. The van der Waals surface area contributed by atoms with Crippen LogP contribution >= 0.6 is 0 Å². The number of hydrogen-bond donors (Lipinski definition) is 1. The van der Waals surface area contributed by atoms with Crippen molar-refractivity contribution >= 4 is 11.9 Å². The van der Waals surface area contributed by atoms with Gasteiger partial charge in [0.15, 0.2) is 0 Å². The summed E-state index contributed by atoms with van der Waals surface area (Å²) in [6.45, 7) is 4.24. The van der Waals surface area contributed by atoms with E-state index in [0.29, 0.717) is 11.8 Å². The van der Waals surface area contributed by atoms with Crippen molar-refractivity contribution in [2.24, 2.45) is 11.8 Å². The molecule has 1 saturated carbocycles. The van der Waals surface area contributed by atoms with Crippen LogP contribution in [0.4, 0.5) is 0 Å². The van der Waals surface area contributed by atoms with Gasteiger partial charge in [-0.1, -0.05) is 20.3 Å². The van der Waals surface area contributed by atoms with Crippen LogP contribution < -0.4 is 0 Å². The summed E-state index contributed by atoms with van der Waals surface area (Å²) >= 11 is 0. The zero-order chi connectivity index (χ0) is 12.1. The van der Waals surface area contributed by atoms with Gasteiger partial charge in [-0.3, -0.25) is 9.59 Å². The summed E-state index contributed by atoms with van der Waals surface area (Å²) in [6.07, 6.45) is 2.98. The van der Waals surface area contributed by atoms with Crippen molar-refractivity contribution in [3.63, 3.8) is 0 Å². The molecule has 0 saturated heterocycles. The Morgan fingerprint density at radius 1 is 1.25 bits per heavy atom. The molecular formula is C12H20O4. The Hall–Kier alpha value is -1.06. The second-order valence-electron chi connectivity index (χ2n) is 4.82. The largest absolute Gasteiger partial charge is 0.481 e. The summed E-state index contributed by atoms with van der Waals surface area (Å²) in [5, 5.41) is 8.45. The van der Waals surface area contributed by atoms with E-state index in [-0.39, 0.29) is 24.9 Å². The van der Waals surface area contributed by atoms with Crippen molar-refractivity contribution in [3.05, 3.63) is 0 Å². The number of carbonyl (C=O) groups excluding carboxylic acids is 1. The van der Waals surface area contributed by atoms with Gasteiger partial charge in [0.2, 0.25) is 0 Å². The van der Waals surface area contributed by atoms with Gasteiger partial charge < -0.3 is 9.84 Å². The summed E-state index contributed by atoms with van der Waals surface area (Å²) < 4.78 is 5.32. The molecule has 0 heterocycles. The van der Waals surface area contributed by atoms with E-state index in [4.69, 9.17) is 9.84 Å². The first-order valence-electron chi connectivity index (χ1n) is 5.90. The van der Waals surface area contributed by atoms with Crippen molar-refractivity contribution in [3.8, 4) is 0 Å². The lowest BCUT2D eigenvalue weighted by Crippen LogP contribution is -2.31. The van der Waals surface area contributed by atoms with Crippen LogP contribution in [0.3, 0.4) is 0 Å². The van der Waals surface area contributed by atoms with Gasteiger partial charge >= 0.3 is 11.9 Å². The van der Waals surface area contributed by atoms with Gasteiger partial charge in [0, 0.05) is 0 Å². The lowest BCUT2D eigenvalue weighted by molar-refractivity contribution is -0.156. The molecule has 1 aliphatic rings. The average molecular weight is 228 g/mol. The summed E-state index contributed by atoms with van der Waals surface area (Å²) in [6, 6.07) is 0. The molecule has 0 aliphatic heterocycles. The van der Waals surface area contributed by atoms with Crippen LogP contribution in [0.1, 0.15) is 46.0 Å². The van der Waals surface area contributed by atoms with Crippen molar-refractivity contribution < 1.29 is 19.4 Å². The second kappa shape index (κ2) is 5.87. The van der Waals surface area contributed by atoms with Crippen LogP contribution in [-0.4, -0.2) is 23.1 Å². The average Bonchev–Trinajstić information content (AvgIpc) is 2.20. The molecule has 0 amide bonds. The highest BCUT2D eigenvalue weighted by atomic mass is 16.5. The maximum absolute atomic E-state index is 11.4. The summed E-state index contributed by atoms with van der Waals surface area (Å²) in [4.78, 5) is 21.7. The predicted molar refractivity (Wildman–Crippen MR) is 58.9 cm³/mol. The molecule has 0 aromatic rings. The van der Waals surface area contributed by atoms with Gasteiger partial charge in [-0.15, -0.1) is 0 Å². The van der Waals surface area contributed by atoms with Crippen molar-refractivity contribution in [1.82, 2.24) is 0 Å². The number of rotatable bonds is 4. The second-order valence-corrected chi connectivity index (χ2v) is 4.82. The normalized spacial score (nSPS) is 29.8. The predicted octanol–water partition coefficient (Wildman–Crippen LogP) is 2.22. The molecule has 92 valence electrons. The summed E-state index contributed by atoms with van der Waals surface area (Å²) in [5.74, 6) is -0.353. The molecule has 16 heavy (non-hydrogen) atoms. The lowest BCUT2D eigenvalue weighted by Gasteiger charge is -2.32. The van der Waals surface area contributed by atoms with E-state index in [1.165, 1.54) is 6.42 Å². The van der Waals surface area contributed by atoms with E-state index in [9.17, 15) is 9.59 Å². The van der Waals surface area contributed by atoms with Crippen LogP contribution in [0.15, 0.2) is 0 Å². The zero-order valence-corrected chi connectivity index (χ0v) is 9.94. The summed E-state index contributed by atoms with van der Waals surface area (Å²) in [5.41, 5.74) is 0. The maximum Gasteiger partial charge on any atom is 0.306 e. The van der Waals surface area contributed by atoms with Gasteiger partial charge in [0.05, 0.1) is 12.8 Å². The molecule has 1 rings (SSSR count). The minimum Gasteiger partial charge on any atom is -0.481 e. The van der Waals surface area contributed by atoms with Gasteiger partial charge in [-0.05, 0) is 24.7 Å². The van der Waals surface area contributed by atoms with Crippen molar-refractivity contribution in [1.29, 1.82) is 0 Å². The van der Waals surface area contributed by atoms with E-state index in [1.54, 1.807) is 0 Å². The zero-order valence-electron chi connectivity index (χ0n) is 9.94. The fraction of sp³-hybridized carbons (Fsp3) is 0.833. The van der Waals surface area contributed by atoms with Crippen LogP contribution in [-0.2, 0) is 14.3 Å². The number of esters is 1. The minimum absolute atomic E-state index is 0.0209. The Labute approximate surface area is 96.0 Å². The van der Waals surface area contributed by atoms with E-state index < -0.39 is 5.97 Å². The highest BCUT2D eigenvalue weighted by Crippen LogP contribution is 2.30. The highest BCUT2D eigenvalue weighted by molar-refractivity contribution is 5.76.